The summed E-state index contributed by atoms with van der Waals surface area (Å²) in [6, 6.07) is 7.42. The lowest BCUT2D eigenvalue weighted by Crippen LogP contribution is -2.32. The first-order valence-corrected chi connectivity index (χ1v) is 7.43. The fourth-order valence-corrected chi connectivity index (χ4v) is 2.43. The SMILES string of the molecule is CC(=O)Nc1ccc(SC(C)C(=O)NCCCN)cc1.Cl. The average Bonchev–Trinajstić information content (AvgIpc) is 2.40. The van der Waals surface area contributed by atoms with E-state index in [9.17, 15) is 9.59 Å². The molecule has 0 fully saturated rings. The summed E-state index contributed by atoms with van der Waals surface area (Å²) in [7, 11) is 0. The number of hydrogen-bond acceptors (Lipinski definition) is 4. The predicted molar refractivity (Wildman–Crippen MR) is 90.0 cm³/mol. The maximum Gasteiger partial charge on any atom is 0.233 e. The largest absolute Gasteiger partial charge is 0.355 e. The minimum atomic E-state index is -0.167. The van der Waals surface area contributed by atoms with Gasteiger partial charge in [0.2, 0.25) is 11.8 Å². The number of nitrogens with two attached hydrogens (primary N) is 1. The third-order valence-electron chi connectivity index (χ3n) is 2.54. The number of amides is 2. The average molecular weight is 332 g/mol. The fourth-order valence-electron chi connectivity index (χ4n) is 1.54. The number of nitrogens with one attached hydrogen (secondary N) is 2. The first kappa shape index (κ1) is 19.8. The van der Waals surface area contributed by atoms with Crippen molar-refractivity contribution in [2.45, 2.75) is 30.4 Å². The fraction of sp³-hybridized carbons (Fsp3) is 0.429. The third kappa shape index (κ3) is 7.94. The van der Waals surface area contributed by atoms with E-state index in [0.717, 1.165) is 17.0 Å². The van der Waals surface area contributed by atoms with Gasteiger partial charge in [0.15, 0.2) is 0 Å². The van der Waals surface area contributed by atoms with Gasteiger partial charge in [0.1, 0.15) is 0 Å². The van der Waals surface area contributed by atoms with Crippen LogP contribution in [0.2, 0.25) is 0 Å². The molecular weight excluding hydrogens is 310 g/mol. The van der Waals surface area contributed by atoms with Gasteiger partial charge in [-0.2, -0.15) is 0 Å². The molecule has 2 amide bonds. The minimum absolute atomic E-state index is 0. The molecule has 0 saturated heterocycles. The molecule has 0 spiro atoms. The van der Waals surface area contributed by atoms with E-state index in [2.05, 4.69) is 10.6 Å². The lowest BCUT2D eigenvalue weighted by atomic mass is 10.3. The van der Waals surface area contributed by atoms with E-state index < -0.39 is 0 Å². The number of carbonyl (C=O) groups excluding carboxylic acids is 2. The van der Waals surface area contributed by atoms with E-state index in [-0.39, 0.29) is 29.5 Å². The van der Waals surface area contributed by atoms with Crippen molar-refractivity contribution in [3.63, 3.8) is 0 Å². The van der Waals surface area contributed by atoms with Crippen LogP contribution in [0.25, 0.3) is 0 Å². The number of thioether (sulfide) groups is 1. The molecule has 0 aliphatic carbocycles. The summed E-state index contributed by atoms with van der Waals surface area (Å²) < 4.78 is 0. The molecule has 4 N–H and O–H groups in total. The Balaban J connectivity index is 0.00000400. The lowest BCUT2D eigenvalue weighted by Gasteiger charge is -2.12. The van der Waals surface area contributed by atoms with Crippen LogP contribution in [0.1, 0.15) is 20.3 Å². The van der Waals surface area contributed by atoms with Crippen LogP contribution in [0.5, 0.6) is 0 Å². The van der Waals surface area contributed by atoms with Gasteiger partial charge in [0.05, 0.1) is 5.25 Å². The topological polar surface area (TPSA) is 84.2 Å². The molecule has 7 heteroatoms. The van der Waals surface area contributed by atoms with Gasteiger partial charge in [0.25, 0.3) is 0 Å². The number of halogens is 1. The van der Waals surface area contributed by atoms with Gasteiger partial charge in [0, 0.05) is 24.1 Å². The molecule has 1 unspecified atom stereocenters. The molecule has 1 rings (SSSR count). The maximum absolute atomic E-state index is 11.8. The lowest BCUT2D eigenvalue weighted by molar-refractivity contribution is -0.120. The summed E-state index contributed by atoms with van der Waals surface area (Å²) in [5, 5.41) is 5.38. The van der Waals surface area contributed by atoms with Gasteiger partial charge >= 0.3 is 0 Å². The van der Waals surface area contributed by atoms with Gasteiger partial charge in [-0.15, -0.1) is 24.2 Å². The molecule has 0 heterocycles. The molecule has 0 aromatic heterocycles. The second-order valence-electron chi connectivity index (χ2n) is 4.40. The van der Waals surface area contributed by atoms with Gasteiger partial charge < -0.3 is 16.4 Å². The normalized spacial score (nSPS) is 11.2. The highest BCUT2D eigenvalue weighted by atomic mass is 35.5. The quantitative estimate of drug-likeness (QED) is 0.527. The molecule has 0 aliphatic rings. The Morgan fingerprint density at radius 1 is 1.29 bits per heavy atom. The van der Waals surface area contributed by atoms with E-state index in [4.69, 9.17) is 5.73 Å². The van der Waals surface area contributed by atoms with Crippen molar-refractivity contribution >= 4 is 41.7 Å². The highest BCUT2D eigenvalue weighted by molar-refractivity contribution is 8.00. The van der Waals surface area contributed by atoms with E-state index in [1.807, 2.05) is 31.2 Å². The zero-order valence-corrected chi connectivity index (χ0v) is 13.9. The van der Waals surface area contributed by atoms with Gasteiger partial charge in [-0.3, -0.25) is 9.59 Å². The van der Waals surface area contributed by atoms with E-state index >= 15 is 0 Å². The summed E-state index contributed by atoms with van der Waals surface area (Å²) in [6.07, 6.45) is 0.786. The molecule has 1 atom stereocenters. The standard InChI is InChI=1S/C14H21N3O2S.ClH/c1-10(14(19)16-9-3-8-15)20-13-6-4-12(5-7-13)17-11(2)18;/h4-7,10H,3,8-9,15H2,1-2H3,(H,16,19)(H,17,18);1H. The Bertz CT molecular complexity index is 454. The molecular formula is C14H22ClN3O2S. The predicted octanol–water partition coefficient (Wildman–Crippen LogP) is 2.01. The zero-order valence-electron chi connectivity index (χ0n) is 12.2. The highest BCUT2D eigenvalue weighted by Crippen LogP contribution is 2.24. The molecule has 118 valence electrons. The van der Waals surface area contributed by atoms with Crippen molar-refractivity contribution in [1.82, 2.24) is 5.32 Å². The first-order valence-electron chi connectivity index (χ1n) is 6.55. The second-order valence-corrected chi connectivity index (χ2v) is 5.81. The number of anilines is 1. The summed E-state index contributed by atoms with van der Waals surface area (Å²) in [6.45, 7) is 4.52. The Kier molecular flexibility index (Phi) is 9.86. The molecule has 1 aromatic carbocycles. The second kappa shape index (κ2) is 10.5. The summed E-state index contributed by atoms with van der Waals surface area (Å²) in [5.41, 5.74) is 6.13. The molecule has 21 heavy (non-hydrogen) atoms. The Hall–Kier alpha value is -1.24. The van der Waals surface area contributed by atoms with Crippen LogP contribution in [0.3, 0.4) is 0 Å². The third-order valence-corrected chi connectivity index (χ3v) is 3.65. The number of hydrogen-bond donors (Lipinski definition) is 3. The van der Waals surface area contributed by atoms with Crippen molar-refractivity contribution in [3.8, 4) is 0 Å². The Labute approximate surface area is 135 Å². The molecule has 0 radical (unpaired) electrons. The van der Waals surface area contributed by atoms with Gasteiger partial charge in [-0.1, -0.05) is 0 Å². The molecule has 0 bridgehead atoms. The molecule has 1 aromatic rings. The van der Waals surface area contributed by atoms with Crippen LogP contribution in [0.15, 0.2) is 29.2 Å². The van der Waals surface area contributed by atoms with E-state index in [0.29, 0.717) is 13.1 Å². The van der Waals surface area contributed by atoms with E-state index in [1.165, 1.54) is 18.7 Å². The highest BCUT2D eigenvalue weighted by Gasteiger charge is 2.13. The summed E-state index contributed by atoms with van der Waals surface area (Å²) in [5.74, 6) is -0.0903. The summed E-state index contributed by atoms with van der Waals surface area (Å²) in [4.78, 5) is 23.7. The van der Waals surface area contributed by atoms with E-state index in [1.54, 1.807) is 0 Å². The smallest absolute Gasteiger partial charge is 0.233 e. The van der Waals surface area contributed by atoms with Crippen LogP contribution in [0, 0.1) is 0 Å². The maximum atomic E-state index is 11.8. The monoisotopic (exact) mass is 331 g/mol. The van der Waals surface area contributed by atoms with Crippen molar-refractivity contribution in [2.75, 3.05) is 18.4 Å². The number of carbonyl (C=O) groups is 2. The minimum Gasteiger partial charge on any atom is -0.355 e. The number of rotatable bonds is 7. The van der Waals surface area contributed by atoms with Gasteiger partial charge in [-0.25, -0.2) is 0 Å². The molecule has 0 saturated carbocycles. The van der Waals surface area contributed by atoms with Crippen LogP contribution < -0.4 is 16.4 Å². The van der Waals surface area contributed by atoms with Crippen LogP contribution in [-0.4, -0.2) is 30.2 Å². The van der Waals surface area contributed by atoms with Crippen LogP contribution in [-0.2, 0) is 9.59 Å². The van der Waals surface area contributed by atoms with Crippen molar-refractivity contribution < 1.29 is 9.59 Å². The first-order chi connectivity index (χ1) is 9.52. The Morgan fingerprint density at radius 2 is 1.90 bits per heavy atom. The number of benzene rings is 1. The molecule has 5 nitrogen and oxygen atoms in total. The van der Waals surface area contributed by atoms with Crippen molar-refractivity contribution in [2.24, 2.45) is 5.73 Å². The van der Waals surface area contributed by atoms with Crippen molar-refractivity contribution in [1.29, 1.82) is 0 Å². The van der Waals surface area contributed by atoms with Crippen molar-refractivity contribution in [3.05, 3.63) is 24.3 Å². The zero-order chi connectivity index (χ0) is 15.0. The van der Waals surface area contributed by atoms with Gasteiger partial charge in [-0.05, 0) is 44.2 Å². The van der Waals surface area contributed by atoms with Crippen LogP contribution >= 0.6 is 24.2 Å². The summed E-state index contributed by atoms with van der Waals surface area (Å²) >= 11 is 1.48. The van der Waals surface area contributed by atoms with Crippen LogP contribution in [0.4, 0.5) is 5.69 Å². The Morgan fingerprint density at radius 3 is 2.43 bits per heavy atom. The molecule has 0 aliphatic heterocycles.